The number of pyridine rings is 1. The number of rotatable bonds is 2. The Hall–Kier alpha value is -4.75. The van der Waals surface area contributed by atoms with Gasteiger partial charge in [0.25, 0.3) is 5.92 Å². The lowest BCUT2D eigenvalue weighted by atomic mass is 10.1. The average molecular weight is 523 g/mol. The Morgan fingerprint density at radius 3 is 2.24 bits per heavy atom. The lowest BCUT2D eigenvalue weighted by Crippen LogP contribution is -2.27. The van der Waals surface area contributed by atoms with Crippen LogP contribution in [-0.4, -0.2) is 46.6 Å². The predicted octanol–water partition coefficient (Wildman–Crippen LogP) is 3.98. The van der Waals surface area contributed by atoms with Crippen molar-refractivity contribution < 1.29 is 13.2 Å². The number of alkyl halides is 2. The van der Waals surface area contributed by atoms with E-state index >= 15 is 0 Å². The second kappa shape index (κ2) is 9.37. The molecular weight excluding hydrogens is 509 g/mol. The van der Waals surface area contributed by atoms with Crippen LogP contribution < -0.4 is 4.90 Å². The Bertz CT molecular complexity index is 1700. The maximum absolute atomic E-state index is 14.1. The molecule has 6 rings (SSSR count). The van der Waals surface area contributed by atoms with Gasteiger partial charge >= 0.3 is 0 Å². The van der Waals surface area contributed by atoms with Crippen molar-refractivity contribution >= 4 is 28.7 Å². The van der Waals surface area contributed by atoms with E-state index in [2.05, 4.69) is 25.1 Å². The third-order valence-electron chi connectivity index (χ3n) is 5.61. The first-order valence-electron chi connectivity index (χ1n) is 10.7. The number of fused-ring (bicyclic) bond motifs is 2. The molecular formula is C23H14ClF3N10. The number of hydrogen-bond donors (Lipinski definition) is 0. The standard InChI is InChI=1S/C16H11F3N6.C7H3ClN4/c17-12-3-10(6-21-8-12)13-4-16(18,19)9-24(13)14-1-2-25-15(23-14)11(5-20)7-22-25;8-6-1-2-12-7(11-6)5(3-9)4-10-12/h1-3,6-8,13H,4,9H2;1-2,4H/t13-;/m1./s1. The van der Waals surface area contributed by atoms with E-state index < -0.39 is 30.7 Å². The van der Waals surface area contributed by atoms with Gasteiger partial charge in [0.2, 0.25) is 0 Å². The summed E-state index contributed by atoms with van der Waals surface area (Å²) in [6, 6.07) is 7.53. The number of hydrogen-bond acceptors (Lipinski definition) is 8. The van der Waals surface area contributed by atoms with Crippen LogP contribution in [-0.2, 0) is 0 Å². The maximum Gasteiger partial charge on any atom is 0.267 e. The van der Waals surface area contributed by atoms with Gasteiger partial charge in [-0.1, -0.05) is 11.6 Å². The van der Waals surface area contributed by atoms with E-state index in [-0.39, 0.29) is 17.0 Å². The van der Waals surface area contributed by atoms with Gasteiger partial charge in [-0.2, -0.15) is 20.7 Å². The van der Waals surface area contributed by atoms with E-state index in [0.717, 1.165) is 6.20 Å². The van der Waals surface area contributed by atoms with Gasteiger partial charge in [-0.3, -0.25) is 4.98 Å². The van der Waals surface area contributed by atoms with Gasteiger partial charge < -0.3 is 4.90 Å². The molecule has 0 spiro atoms. The van der Waals surface area contributed by atoms with Gasteiger partial charge in [0.15, 0.2) is 11.3 Å². The molecule has 10 nitrogen and oxygen atoms in total. The highest BCUT2D eigenvalue weighted by Crippen LogP contribution is 2.43. The fraction of sp³-hybridized carbons (Fsp3) is 0.174. The molecule has 1 saturated heterocycles. The van der Waals surface area contributed by atoms with Gasteiger partial charge in [-0.15, -0.1) is 0 Å². The highest BCUT2D eigenvalue weighted by molar-refractivity contribution is 6.29. The van der Waals surface area contributed by atoms with E-state index in [4.69, 9.17) is 22.1 Å². The van der Waals surface area contributed by atoms with Crippen LogP contribution in [0, 0.1) is 28.5 Å². The van der Waals surface area contributed by atoms with Gasteiger partial charge in [0, 0.05) is 25.0 Å². The van der Waals surface area contributed by atoms with Crippen molar-refractivity contribution in [3.05, 3.63) is 83.0 Å². The Kier molecular flexibility index (Phi) is 6.07. The first-order valence-corrected chi connectivity index (χ1v) is 11.1. The van der Waals surface area contributed by atoms with E-state index in [1.54, 1.807) is 24.5 Å². The van der Waals surface area contributed by atoms with Crippen LogP contribution in [0.3, 0.4) is 0 Å². The van der Waals surface area contributed by atoms with Crippen molar-refractivity contribution in [3.8, 4) is 12.1 Å². The molecule has 184 valence electrons. The highest BCUT2D eigenvalue weighted by atomic mass is 35.5. The summed E-state index contributed by atoms with van der Waals surface area (Å²) in [7, 11) is 0. The van der Waals surface area contributed by atoms with Crippen LogP contribution in [0.1, 0.15) is 29.2 Å². The molecule has 0 saturated carbocycles. The van der Waals surface area contributed by atoms with E-state index in [0.29, 0.717) is 21.9 Å². The number of anilines is 1. The summed E-state index contributed by atoms with van der Waals surface area (Å²) in [5, 5.41) is 26.0. The molecule has 0 amide bonds. The summed E-state index contributed by atoms with van der Waals surface area (Å²) >= 11 is 5.64. The van der Waals surface area contributed by atoms with E-state index in [1.165, 1.54) is 38.6 Å². The van der Waals surface area contributed by atoms with Crippen LogP contribution in [0.15, 0.2) is 55.4 Å². The Morgan fingerprint density at radius 1 is 0.946 bits per heavy atom. The second-order valence-corrected chi connectivity index (χ2v) is 8.44. The fourth-order valence-corrected chi connectivity index (χ4v) is 4.13. The quantitative estimate of drug-likeness (QED) is 0.319. The minimum absolute atomic E-state index is 0.247. The molecule has 5 aromatic rings. The summed E-state index contributed by atoms with van der Waals surface area (Å²) in [6.07, 6.45) is 7.96. The first kappa shape index (κ1) is 24.0. The molecule has 0 bridgehead atoms. The van der Waals surface area contributed by atoms with Gasteiger partial charge in [0.05, 0.1) is 31.2 Å². The molecule has 1 aliphatic rings. The number of nitrogens with zero attached hydrogens (tertiary/aromatic N) is 10. The van der Waals surface area contributed by atoms with Crippen molar-refractivity contribution in [1.29, 1.82) is 10.5 Å². The summed E-state index contributed by atoms with van der Waals surface area (Å²) < 4.78 is 44.5. The Balaban J connectivity index is 0.000000195. The monoisotopic (exact) mass is 522 g/mol. The maximum atomic E-state index is 14.1. The zero-order chi connectivity index (χ0) is 26.2. The molecule has 1 aliphatic heterocycles. The molecule has 1 atom stereocenters. The Labute approximate surface area is 211 Å². The first-order chi connectivity index (χ1) is 17.8. The minimum atomic E-state index is -2.94. The summed E-state index contributed by atoms with van der Waals surface area (Å²) in [5.41, 5.74) is 1.80. The van der Waals surface area contributed by atoms with Gasteiger partial charge in [0.1, 0.15) is 40.1 Å². The van der Waals surface area contributed by atoms with Crippen molar-refractivity contribution in [2.45, 2.75) is 18.4 Å². The van der Waals surface area contributed by atoms with Crippen molar-refractivity contribution in [1.82, 2.24) is 34.2 Å². The molecule has 0 radical (unpaired) electrons. The minimum Gasteiger partial charge on any atom is -0.343 e. The molecule has 0 N–H and O–H groups in total. The summed E-state index contributed by atoms with van der Waals surface area (Å²) in [4.78, 5) is 13.4. The topological polar surface area (TPSA) is 124 Å². The normalized spacial score (nSPS) is 16.3. The summed E-state index contributed by atoms with van der Waals surface area (Å²) in [5.74, 6) is -3.25. The molecule has 37 heavy (non-hydrogen) atoms. The van der Waals surface area contributed by atoms with Crippen LogP contribution in [0.4, 0.5) is 19.0 Å². The average Bonchev–Trinajstić information content (AvgIpc) is 3.58. The summed E-state index contributed by atoms with van der Waals surface area (Å²) in [6.45, 7) is -0.548. The van der Waals surface area contributed by atoms with E-state index in [1.807, 2.05) is 12.1 Å². The zero-order valence-corrected chi connectivity index (χ0v) is 19.4. The predicted molar refractivity (Wildman–Crippen MR) is 124 cm³/mol. The van der Waals surface area contributed by atoms with Gasteiger partial charge in [-0.25, -0.2) is 32.2 Å². The lowest BCUT2D eigenvalue weighted by Gasteiger charge is -2.25. The lowest BCUT2D eigenvalue weighted by molar-refractivity contribution is 0.0222. The number of aromatic nitrogens is 7. The van der Waals surface area contributed by atoms with Crippen LogP contribution in [0.2, 0.25) is 5.15 Å². The third-order valence-corrected chi connectivity index (χ3v) is 5.82. The van der Waals surface area contributed by atoms with Crippen LogP contribution in [0.5, 0.6) is 0 Å². The van der Waals surface area contributed by atoms with Crippen molar-refractivity contribution in [3.63, 3.8) is 0 Å². The third kappa shape index (κ3) is 4.72. The molecule has 1 fully saturated rings. The van der Waals surface area contributed by atoms with Gasteiger partial charge in [-0.05, 0) is 23.8 Å². The zero-order valence-electron chi connectivity index (χ0n) is 18.7. The molecule has 14 heteroatoms. The second-order valence-electron chi connectivity index (χ2n) is 8.05. The molecule has 5 aromatic heterocycles. The molecule has 0 aliphatic carbocycles. The molecule has 0 aromatic carbocycles. The molecule has 6 heterocycles. The highest BCUT2D eigenvalue weighted by Gasteiger charge is 2.46. The van der Waals surface area contributed by atoms with Crippen LogP contribution >= 0.6 is 11.6 Å². The van der Waals surface area contributed by atoms with Crippen LogP contribution in [0.25, 0.3) is 11.3 Å². The van der Waals surface area contributed by atoms with Crippen molar-refractivity contribution in [2.75, 3.05) is 11.4 Å². The number of nitriles is 2. The molecule has 0 unspecified atom stereocenters. The number of halogens is 4. The smallest absolute Gasteiger partial charge is 0.267 e. The Morgan fingerprint density at radius 2 is 1.59 bits per heavy atom. The van der Waals surface area contributed by atoms with Crippen molar-refractivity contribution in [2.24, 2.45) is 0 Å². The largest absolute Gasteiger partial charge is 0.343 e. The SMILES string of the molecule is N#Cc1cnn2ccc(Cl)nc12.N#Cc1cnn2ccc(N3CC(F)(F)C[C@@H]3c3cncc(F)c3)nc12. The fourth-order valence-electron chi connectivity index (χ4n) is 3.99. The van der Waals surface area contributed by atoms with E-state index in [9.17, 15) is 13.2 Å².